The molecule has 5 heterocycles. The zero-order valence-corrected chi connectivity index (χ0v) is 39.7. The van der Waals surface area contributed by atoms with Crippen molar-refractivity contribution in [3.05, 3.63) is 161 Å². The first kappa shape index (κ1) is 38.3. The molecular weight excluding hydrogens is 806 g/mol. The third-order valence-electron chi connectivity index (χ3n) is 17.3. The topological polar surface area (TPSA) is 11.4 Å². The fourth-order valence-electron chi connectivity index (χ4n) is 14.0. The number of fused-ring (bicyclic) bond motifs is 15. The summed E-state index contributed by atoms with van der Waals surface area (Å²) >= 11 is 1.91. The Morgan fingerprint density at radius 1 is 0.615 bits per heavy atom. The first-order chi connectivity index (χ1) is 31.3. The molecular formula is C60H54BN3S. The highest BCUT2D eigenvalue weighted by Gasteiger charge is 2.58. The zero-order valence-electron chi connectivity index (χ0n) is 38.9. The summed E-state index contributed by atoms with van der Waals surface area (Å²) in [4.78, 5) is 5.48. The van der Waals surface area contributed by atoms with Gasteiger partial charge in [-0.05, 0) is 125 Å². The molecule has 5 aliphatic rings. The molecule has 14 rings (SSSR count). The molecule has 0 amide bonds. The molecule has 2 atom stereocenters. The van der Waals surface area contributed by atoms with Gasteiger partial charge in [0.1, 0.15) is 0 Å². The predicted octanol–water partition coefficient (Wildman–Crippen LogP) is 14.3. The summed E-state index contributed by atoms with van der Waals surface area (Å²) in [5, 5.41) is 4.05. The van der Waals surface area contributed by atoms with Crippen molar-refractivity contribution < 1.29 is 0 Å². The summed E-state index contributed by atoms with van der Waals surface area (Å²) in [7, 11) is 0. The Kier molecular flexibility index (Phi) is 7.32. The number of rotatable bonds is 2. The summed E-state index contributed by atoms with van der Waals surface area (Å²) in [5.41, 5.74) is 23.1. The second-order valence-electron chi connectivity index (χ2n) is 22.1. The molecule has 5 heteroatoms. The lowest BCUT2D eigenvalue weighted by Gasteiger charge is -2.50. The minimum absolute atomic E-state index is 0.0362. The van der Waals surface area contributed by atoms with E-state index in [2.05, 4.69) is 203 Å². The Bertz CT molecular complexity index is 3600. The quantitative estimate of drug-likeness (QED) is 0.160. The van der Waals surface area contributed by atoms with Gasteiger partial charge in [0, 0.05) is 75.9 Å². The molecule has 2 aliphatic carbocycles. The van der Waals surface area contributed by atoms with Crippen LogP contribution in [0.5, 0.6) is 0 Å². The van der Waals surface area contributed by atoms with Crippen LogP contribution in [-0.4, -0.2) is 16.8 Å². The van der Waals surface area contributed by atoms with Gasteiger partial charge in [-0.3, -0.25) is 0 Å². The summed E-state index contributed by atoms with van der Waals surface area (Å²) in [6.45, 7) is 19.5. The molecule has 0 spiro atoms. The predicted molar refractivity (Wildman–Crippen MR) is 279 cm³/mol. The van der Waals surface area contributed by atoms with Crippen molar-refractivity contribution in [3.63, 3.8) is 0 Å². The molecule has 1 fully saturated rings. The van der Waals surface area contributed by atoms with Crippen molar-refractivity contribution in [1.82, 2.24) is 4.57 Å². The van der Waals surface area contributed by atoms with Crippen molar-refractivity contribution in [3.8, 4) is 16.9 Å². The molecule has 3 aliphatic heterocycles. The number of nitrogens with zero attached hydrogens (tertiary/aromatic N) is 3. The maximum atomic E-state index is 2.79. The van der Waals surface area contributed by atoms with Crippen molar-refractivity contribution in [1.29, 1.82) is 0 Å². The second kappa shape index (κ2) is 12.4. The van der Waals surface area contributed by atoms with Gasteiger partial charge in [0.15, 0.2) is 0 Å². The first-order valence-electron chi connectivity index (χ1n) is 24.0. The van der Waals surface area contributed by atoms with Crippen LogP contribution >= 0.6 is 11.3 Å². The van der Waals surface area contributed by atoms with Gasteiger partial charge in [0.05, 0.1) is 16.9 Å². The number of hydrogen-bond donors (Lipinski definition) is 0. The van der Waals surface area contributed by atoms with Crippen LogP contribution < -0.4 is 26.2 Å². The van der Waals surface area contributed by atoms with Crippen LogP contribution in [0.15, 0.2) is 133 Å². The van der Waals surface area contributed by atoms with Crippen LogP contribution in [0.3, 0.4) is 0 Å². The molecule has 65 heavy (non-hydrogen) atoms. The van der Waals surface area contributed by atoms with E-state index in [0.717, 1.165) is 0 Å². The number of para-hydroxylation sites is 1. The monoisotopic (exact) mass is 859 g/mol. The SMILES string of the molecule is Cc1cc2c3c(c1)-n1c4c(c5cccc(c51)B3c1ccc(N3c5ccc(C(C)(C)C)cc5C5(C)CCCCC35C)cc1N2c1cccc2sc3ccccc3c12)C(C)(C)c1ccccc1-4. The van der Waals surface area contributed by atoms with Gasteiger partial charge in [0.2, 0.25) is 0 Å². The number of thiophene rings is 1. The number of anilines is 5. The maximum absolute atomic E-state index is 2.79. The molecule has 3 nitrogen and oxygen atoms in total. The van der Waals surface area contributed by atoms with Crippen LogP contribution in [-0.2, 0) is 16.2 Å². The highest BCUT2D eigenvalue weighted by Crippen LogP contribution is 2.62. The summed E-state index contributed by atoms with van der Waals surface area (Å²) in [6, 6.07) is 52.5. The standard InChI is InChI=1S/C60H54BN3S/c1-35-31-48-54-49(32-35)63-55-40(53-56(63)38-17-9-11-20-41(38)58(53,5)6)19-15-21-44(55)61(54)43-27-26-37(34-47(43)62(48)46-22-16-24-51-52(46)39-18-10-12-23-50(39)65-51)64-45-28-25-36(57(2,3)4)33-42(45)59(7)29-13-14-30-60(59,64)8/h9-12,15-28,31-34H,13-14,29-30H2,1-8H3. The minimum Gasteiger partial charge on any atom is -0.334 e. The van der Waals surface area contributed by atoms with Gasteiger partial charge in [-0.2, -0.15) is 0 Å². The van der Waals surface area contributed by atoms with Gasteiger partial charge >= 0.3 is 0 Å². The Labute approximate surface area is 387 Å². The number of aromatic nitrogens is 1. The Hall–Kier alpha value is -6.04. The van der Waals surface area contributed by atoms with E-state index in [0.29, 0.717) is 0 Å². The van der Waals surface area contributed by atoms with E-state index < -0.39 is 0 Å². The molecule has 0 bridgehead atoms. The Balaban J connectivity index is 1.09. The highest BCUT2D eigenvalue weighted by atomic mass is 32.1. The van der Waals surface area contributed by atoms with Crippen molar-refractivity contribution in [2.24, 2.45) is 0 Å². The minimum atomic E-state index is -0.126. The number of aryl methyl sites for hydroxylation is 1. The molecule has 0 saturated heterocycles. The average Bonchev–Trinajstić information content (AvgIpc) is 3.98. The summed E-state index contributed by atoms with van der Waals surface area (Å²) in [6.07, 6.45) is 4.90. The van der Waals surface area contributed by atoms with Gasteiger partial charge in [-0.15, -0.1) is 11.3 Å². The van der Waals surface area contributed by atoms with Crippen LogP contribution in [0.2, 0.25) is 0 Å². The normalized spacial score (nSPS) is 20.8. The summed E-state index contributed by atoms with van der Waals surface area (Å²) < 4.78 is 5.34. The van der Waals surface area contributed by atoms with Crippen LogP contribution in [0, 0.1) is 6.92 Å². The zero-order chi connectivity index (χ0) is 44.1. The van der Waals surface area contributed by atoms with Gasteiger partial charge in [0.25, 0.3) is 6.71 Å². The molecule has 1 saturated carbocycles. The van der Waals surface area contributed by atoms with E-state index >= 15 is 0 Å². The molecule has 7 aromatic carbocycles. The van der Waals surface area contributed by atoms with E-state index in [4.69, 9.17) is 0 Å². The van der Waals surface area contributed by atoms with Crippen molar-refractivity contribution in [2.45, 2.75) is 103 Å². The Morgan fingerprint density at radius 3 is 2.23 bits per heavy atom. The van der Waals surface area contributed by atoms with Crippen LogP contribution in [0.4, 0.5) is 28.4 Å². The second-order valence-corrected chi connectivity index (χ2v) is 23.2. The molecule has 318 valence electrons. The molecule has 0 radical (unpaired) electrons. The van der Waals surface area contributed by atoms with E-state index in [-0.39, 0.29) is 28.5 Å². The lowest BCUT2D eigenvalue weighted by Crippen LogP contribution is -2.60. The molecule has 9 aromatic rings. The van der Waals surface area contributed by atoms with E-state index in [1.54, 1.807) is 0 Å². The van der Waals surface area contributed by atoms with Gasteiger partial charge in [-0.1, -0.05) is 139 Å². The fraction of sp³-hybridized carbons (Fsp3) is 0.267. The molecule has 2 unspecified atom stereocenters. The fourth-order valence-corrected chi connectivity index (χ4v) is 15.2. The maximum Gasteiger partial charge on any atom is 0.252 e. The van der Waals surface area contributed by atoms with E-state index in [1.807, 2.05) is 11.3 Å². The number of benzene rings is 7. The summed E-state index contributed by atoms with van der Waals surface area (Å²) in [5.74, 6) is 0. The van der Waals surface area contributed by atoms with Crippen molar-refractivity contribution >= 4 is 94.0 Å². The number of hydrogen-bond acceptors (Lipinski definition) is 3. The molecule has 2 aromatic heterocycles. The smallest absolute Gasteiger partial charge is 0.252 e. The lowest BCUT2D eigenvalue weighted by atomic mass is 9.33. The van der Waals surface area contributed by atoms with Crippen LogP contribution in [0.25, 0.3) is 48.0 Å². The lowest BCUT2D eigenvalue weighted by molar-refractivity contribution is 0.195. The Morgan fingerprint density at radius 2 is 1.37 bits per heavy atom. The third kappa shape index (κ3) is 4.63. The molecule has 0 N–H and O–H groups in total. The van der Waals surface area contributed by atoms with E-state index in [9.17, 15) is 0 Å². The highest BCUT2D eigenvalue weighted by molar-refractivity contribution is 7.26. The van der Waals surface area contributed by atoms with E-state index in [1.165, 1.54) is 146 Å². The third-order valence-corrected chi connectivity index (χ3v) is 18.4. The van der Waals surface area contributed by atoms with Gasteiger partial charge < -0.3 is 14.4 Å². The van der Waals surface area contributed by atoms with Crippen LogP contribution in [0.1, 0.15) is 102 Å². The largest absolute Gasteiger partial charge is 0.334 e. The average molecular weight is 860 g/mol. The first-order valence-corrected chi connectivity index (χ1v) is 24.8. The van der Waals surface area contributed by atoms with Crippen molar-refractivity contribution in [2.75, 3.05) is 9.80 Å². The van der Waals surface area contributed by atoms with Gasteiger partial charge in [-0.25, -0.2) is 0 Å².